The lowest BCUT2D eigenvalue weighted by molar-refractivity contribution is -0.686. The first-order valence-corrected chi connectivity index (χ1v) is 32.3. The van der Waals surface area contributed by atoms with E-state index in [2.05, 4.69) is 57.8 Å². The van der Waals surface area contributed by atoms with Gasteiger partial charge >= 0.3 is 24.3 Å². The molecule has 4 amide bonds. The average molecular weight is 1370 g/mol. The van der Waals surface area contributed by atoms with Crippen LogP contribution in [0.4, 0.5) is 38.5 Å². The minimum atomic E-state index is -5.05. The van der Waals surface area contributed by atoms with E-state index in [1.807, 2.05) is 24.4 Å². The maximum absolute atomic E-state index is 14.8. The lowest BCUT2D eigenvalue weighted by atomic mass is 9.83. The zero-order chi connectivity index (χ0) is 70.0. The number of rotatable bonds is 21. The van der Waals surface area contributed by atoms with Crippen LogP contribution in [0, 0.1) is 17.1 Å². The third kappa shape index (κ3) is 13.7. The number of halogens is 4. The van der Waals surface area contributed by atoms with Crippen molar-refractivity contribution >= 4 is 63.1 Å². The van der Waals surface area contributed by atoms with E-state index in [1.165, 1.54) is 50.4 Å². The predicted octanol–water partition coefficient (Wildman–Crippen LogP) is 9.30. The van der Waals surface area contributed by atoms with Crippen molar-refractivity contribution in [2.75, 3.05) is 84.7 Å². The molecule has 0 unspecified atom stereocenters. The largest absolute Gasteiger partial charge is 0.507 e. The number of aromatic hydroxyl groups is 1. The Morgan fingerprint density at radius 1 is 0.880 bits per heavy atom. The predicted molar refractivity (Wildman–Crippen MR) is 352 cm³/mol. The fourth-order valence-electron chi connectivity index (χ4n) is 13.0. The van der Waals surface area contributed by atoms with Crippen molar-refractivity contribution in [3.8, 4) is 57.3 Å². The van der Waals surface area contributed by atoms with Gasteiger partial charge in [-0.3, -0.25) is 28.5 Å². The number of unbranched alkanes of at least 4 members (excludes halogenated alkanes) is 1. The van der Waals surface area contributed by atoms with Gasteiger partial charge in [0.2, 0.25) is 12.5 Å². The van der Waals surface area contributed by atoms with Crippen molar-refractivity contribution in [2.24, 2.45) is 0 Å². The zero-order valence-electron chi connectivity index (χ0n) is 54.6. The van der Waals surface area contributed by atoms with Gasteiger partial charge in [-0.05, 0) is 109 Å². The van der Waals surface area contributed by atoms with Gasteiger partial charge in [0, 0.05) is 114 Å². The number of pyridine rings is 2. The number of esters is 1. The first-order valence-electron chi connectivity index (χ1n) is 32.3. The standard InChI is InChI=1S/C70H67F4N15O11/c1-83(67(94)88-27-19-50-61(78-40-79-64(50)88)45-34-80-89(35-45)69(20-21-75)38-87(39-69)48-17-25-85(26-18-48)66(93)49-15-23-76-63(60(49)71)70(72,73)74)28-29-84(2)68(95)97-37-42-7-10-46(11-8-42)81-82-47-12-13-55(90)52(32-47)65(92)77-22-5-4-6-59(91)100-62-53-36-86-24-16-44-31-57-58(99-41-98-57)33-51(44)54(86)30-43(53)9-14-56(62)96-3/h7-15,19,23,27,30-36,40,48H,4-6,16-18,20,22,24-26,28-29,37-39,41H2,1-3H3,(H3-,76,77,81,82,90,92,93)/p+1. The number of amides is 4. The Kier molecular flexibility index (Phi) is 18.8. The molecule has 30 heteroatoms. The molecule has 9 aromatic rings. The van der Waals surface area contributed by atoms with E-state index in [4.69, 9.17) is 23.7 Å². The number of hydrogen-bond acceptors (Lipinski definition) is 19. The number of likely N-dealkylation sites (N-methyl/N-ethyl adjacent to an activating group) is 2. The van der Waals surface area contributed by atoms with Gasteiger partial charge in [-0.1, -0.05) is 12.1 Å². The Morgan fingerprint density at radius 3 is 2.41 bits per heavy atom. The molecule has 0 aliphatic carbocycles. The molecule has 4 aliphatic rings. The van der Waals surface area contributed by atoms with Gasteiger partial charge in [-0.15, -0.1) is 0 Å². The molecule has 2 saturated heterocycles. The van der Waals surface area contributed by atoms with Crippen molar-refractivity contribution in [3.63, 3.8) is 0 Å². The number of hydrogen-bond donors (Lipinski definition) is 4. The summed E-state index contributed by atoms with van der Waals surface area (Å²) in [6.45, 7) is 2.68. The third-order valence-electron chi connectivity index (χ3n) is 18.5. The van der Waals surface area contributed by atoms with E-state index in [1.54, 1.807) is 79.8 Å². The van der Waals surface area contributed by atoms with Gasteiger partial charge in [0.05, 0.1) is 64.9 Å². The zero-order valence-corrected chi connectivity index (χ0v) is 54.6. The number of hydrazine groups is 1. The first-order chi connectivity index (χ1) is 48.3. The van der Waals surface area contributed by atoms with Crippen LogP contribution in [0.1, 0.15) is 76.1 Å². The van der Waals surface area contributed by atoms with Gasteiger partial charge in [0.15, 0.2) is 52.9 Å². The van der Waals surface area contributed by atoms with Gasteiger partial charge < -0.3 is 59.7 Å². The Morgan fingerprint density at radius 2 is 1.64 bits per heavy atom. The van der Waals surface area contributed by atoms with Crippen molar-refractivity contribution in [3.05, 3.63) is 156 Å². The average Bonchev–Trinajstić information content (AvgIpc) is 1.10. The summed E-state index contributed by atoms with van der Waals surface area (Å²) >= 11 is 0. The van der Waals surface area contributed by atoms with Crippen LogP contribution in [0.5, 0.6) is 28.7 Å². The number of piperidine rings is 1. The molecule has 2 fully saturated rings. The number of likely N-dealkylation sites (tertiary alicyclic amines) is 2. The maximum Gasteiger partial charge on any atom is 0.436 e. The molecular weight excluding hydrogens is 1300 g/mol. The number of alkyl halides is 3. The highest BCUT2D eigenvalue weighted by atomic mass is 19.4. The van der Waals surface area contributed by atoms with Crippen LogP contribution in [0.15, 0.2) is 122 Å². The van der Waals surface area contributed by atoms with Crippen molar-refractivity contribution < 1.29 is 74.9 Å². The van der Waals surface area contributed by atoms with E-state index in [0.29, 0.717) is 102 Å². The molecule has 4 aliphatic heterocycles. The van der Waals surface area contributed by atoms with Gasteiger partial charge in [0.25, 0.3) is 11.8 Å². The monoisotopic (exact) mass is 1370 g/mol. The van der Waals surface area contributed by atoms with Gasteiger partial charge in [-0.25, -0.2) is 28.9 Å². The molecular formula is C70H68F4N15O11+. The molecule has 13 rings (SSSR count). The minimum Gasteiger partial charge on any atom is -0.507 e. The van der Waals surface area contributed by atoms with Gasteiger partial charge in [-0.2, -0.15) is 28.1 Å². The second-order valence-corrected chi connectivity index (χ2v) is 24.9. The van der Waals surface area contributed by atoms with E-state index >= 15 is 0 Å². The SMILES string of the molecule is COc1ccc2cc3[n+](cc2c1OC(=O)CCCCNC(=O)c1cc(NNc2ccc(COC(=O)N(C)CCN(C)C(=O)n4ccc5c(-c6cnn(C7(CC#N)CN(C8CCN(C(=O)c9ccnc(C(F)(F)F)c9F)CC8)C7)c6)ncnc54)cc2)ccc1O)CCc1cc2c(cc1-3)OCO2. The fourth-order valence-corrected chi connectivity index (χ4v) is 13.0. The van der Waals surface area contributed by atoms with E-state index in [0.717, 1.165) is 46.5 Å². The smallest absolute Gasteiger partial charge is 0.436 e. The van der Waals surface area contributed by atoms with Crippen LogP contribution in [-0.4, -0.2) is 164 Å². The van der Waals surface area contributed by atoms with Gasteiger partial charge in [0.1, 0.15) is 24.2 Å². The molecule has 26 nitrogen and oxygen atoms in total. The van der Waals surface area contributed by atoms with Crippen LogP contribution < -0.4 is 39.7 Å². The van der Waals surface area contributed by atoms with Crippen LogP contribution >= 0.6 is 0 Å². The molecule has 0 radical (unpaired) electrons. The number of aromatic nitrogens is 7. The number of carbonyl (C=O) groups is 5. The highest BCUT2D eigenvalue weighted by Crippen LogP contribution is 2.43. The number of ether oxygens (including phenoxy) is 5. The molecule has 9 heterocycles. The van der Waals surface area contributed by atoms with Crippen LogP contribution in [0.25, 0.3) is 44.3 Å². The van der Waals surface area contributed by atoms with Crippen LogP contribution in [-0.2, 0) is 40.8 Å². The van der Waals surface area contributed by atoms with Crippen molar-refractivity contribution in [2.45, 2.75) is 75.9 Å². The molecule has 5 aromatic heterocycles. The quantitative estimate of drug-likeness (QED) is 0.00991. The number of fused-ring (bicyclic) bond motifs is 6. The fraction of sp³-hybridized carbons (Fsp3) is 0.329. The number of phenols is 1. The molecule has 0 bridgehead atoms. The number of nitriles is 1. The molecule has 0 atom stereocenters. The second-order valence-electron chi connectivity index (χ2n) is 24.9. The summed E-state index contributed by atoms with van der Waals surface area (Å²) in [4.78, 5) is 85.0. The Bertz CT molecular complexity index is 4700. The number of phenolic OH excluding ortho intramolecular Hbond substituents is 1. The van der Waals surface area contributed by atoms with E-state index in [-0.39, 0.29) is 76.3 Å². The maximum atomic E-state index is 14.8. The van der Waals surface area contributed by atoms with E-state index in [9.17, 15) is 51.9 Å². The number of aryl methyl sites for hydroxylation is 2. The topological polar surface area (TPSA) is 290 Å². The highest BCUT2D eigenvalue weighted by Gasteiger charge is 2.49. The summed E-state index contributed by atoms with van der Waals surface area (Å²) < 4.78 is 88.4. The normalized spacial score (nSPS) is 14.7. The minimum absolute atomic E-state index is 0.00411. The molecule has 4 N–H and O–H groups in total. The highest BCUT2D eigenvalue weighted by molar-refractivity contribution is 5.99. The van der Waals surface area contributed by atoms with Crippen LogP contribution in [0.3, 0.4) is 0 Å². The lowest BCUT2D eigenvalue weighted by Gasteiger charge is -2.53. The molecule has 100 heavy (non-hydrogen) atoms. The number of benzene rings is 4. The van der Waals surface area contributed by atoms with Crippen LogP contribution in [0.2, 0.25) is 0 Å². The summed E-state index contributed by atoms with van der Waals surface area (Å²) in [5.74, 6) is -1.50. The second kappa shape index (κ2) is 28.1. The number of carbonyl (C=O) groups excluding carboxylic acids is 5. The third-order valence-corrected chi connectivity index (χ3v) is 18.5. The summed E-state index contributed by atoms with van der Waals surface area (Å²) in [6.07, 6.45) is 6.30. The number of anilines is 2. The number of nitrogens with zero attached hydrogens (tertiary/aromatic N) is 12. The number of nitrogens with one attached hydrogen (secondary N) is 3. The summed E-state index contributed by atoms with van der Waals surface area (Å²) in [5.41, 5.74) is 9.51. The lowest BCUT2D eigenvalue weighted by Crippen LogP contribution is -2.66. The Balaban J connectivity index is 0.530. The molecule has 516 valence electrons. The molecule has 4 aromatic carbocycles. The number of methoxy groups -OCH3 is 1. The first kappa shape index (κ1) is 67.0. The van der Waals surface area contributed by atoms with Crippen molar-refractivity contribution in [1.29, 1.82) is 5.26 Å². The Hall–Kier alpha value is -11.6. The van der Waals surface area contributed by atoms with Crippen molar-refractivity contribution in [1.82, 2.24) is 54.2 Å². The summed E-state index contributed by atoms with van der Waals surface area (Å²) in [5, 5.41) is 30.2. The Labute approximate surface area is 569 Å². The summed E-state index contributed by atoms with van der Waals surface area (Å²) in [6, 6.07) is 25.9. The van der Waals surface area contributed by atoms with E-state index < -0.39 is 58.7 Å². The summed E-state index contributed by atoms with van der Waals surface area (Å²) in [7, 11) is 4.68. The molecule has 0 spiro atoms. The molecule has 0 saturated carbocycles.